The maximum absolute atomic E-state index is 12.9. The van der Waals surface area contributed by atoms with Crippen molar-refractivity contribution < 1.29 is 29.3 Å². The zero-order chi connectivity index (χ0) is 28.4. The summed E-state index contributed by atoms with van der Waals surface area (Å²) in [5.41, 5.74) is 6.37. The maximum atomic E-state index is 12.9. The van der Waals surface area contributed by atoms with Gasteiger partial charge in [-0.15, -0.1) is 0 Å². The summed E-state index contributed by atoms with van der Waals surface area (Å²) in [6, 6.07) is 0. The number of aliphatic hydroxyl groups excluding tert-OH is 2. The van der Waals surface area contributed by atoms with E-state index in [1.807, 2.05) is 32.1 Å². The normalized spacial score (nSPS) is 36.4. The highest BCUT2D eigenvalue weighted by molar-refractivity contribution is 5.77. The Kier molecular flexibility index (Phi) is 13.0. The lowest BCUT2D eigenvalue weighted by molar-refractivity contribution is -0.156. The van der Waals surface area contributed by atoms with Crippen molar-refractivity contribution in [2.75, 3.05) is 6.54 Å². The minimum atomic E-state index is -0.800. The molecule has 0 aromatic heterocycles. The molecule has 0 aromatic carbocycles. The minimum absolute atomic E-state index is 0.00368. The first-order valence-electron chi connectivity index (χ1n) is 14.3. The largest absolute Gasteiger partial charge is 0.462 e. The van der Waals surface area contributed by atoms with Crippen LogP contribution in [0, 0.1) is 35.5 Å². The van der Waals surface area contributed by atoms with Crippen LogP contribution in [-0.4, -0.2) is 52.9 Å². The molecular formula is C30H50N2O6. The molecule has 0 radical (unpaired) electrons. The Hall–Kier alpha value is -2.19. The van der Waals surface area contributed by atoms with Gasteiger partial charge < -0.3 is 26.0 Å². The molecule has 8 heteroatoms. The van der Waals surface area contributed by atoms with Gasteiger partial charge >= 0.3 is 5.97 Å². The Morgan fingerprint density at radius 2 is 1.71 bits per heavy atom. The molecule has 8 nitrogen and oxygen atoms in total. The molecule has 1 heterocycles. The van der Waals surface area contributed by atoms with E-state index in [2.05, 4.69) is 19.2 Å². The molecule has 0 bridgehead atoms. The third kappa shape index (κ3) is 10.2. The number of esters is 1. The van der Waals surface area contributed by atoms with Crippen LogP contribution in [0.4, 0.5) is 0 Å². The number of cyclic esters (lactones) is 1. The average molecular weight is 535 g/mol. The third-order valence-corrected chi connectivity index (χ3v) is 8.36. The van der Waals surface area contributed by atoms with E-state index in [1.165, 1.54) is 6.92 Å². The van der Waals surface area contributed by atoms with E-state index in [9.17, 15) is 24.6 Å². The summed E-state index contributed by atoms with van der Waals surface area (Å²) in [4.78, 5) is 36.5. The molecular weight excluding hydrogens is 484 g/mol. The summed E-state index contributed by atoms with van der Waals surface area (Å²) in [6.07, 6.45) is 8.57. The van der Waals surface area contributed by atoms with Crippen molar-refractivity contribution >= 4 is 17.8 Å². The maximum Gasteiger partial charge on any atom is 0.308 e. The van der Waals surface area contributed by atoms with Crippen LogP contribution in [0.2, 0.25) is 0 Å². The van der Waals surface area contributed by atoms with Crippen molar-refractivity contribution in [3.8, 4) is 0 Å². The molecule has 1 aliphatic carbocycles. The second-order valence-corrected chi connectivity index (χ2v) is 12.0. The number of primary amides is 1. The van der Waals surface area contributed by atoms with E-state index in [1.54, 1.807) is 0 Å². The first kappa shape index (κ1) is 32.0. The number of rotatable bonds is 4. The molecule has 9 atom stereocenters. The molecule has 2 amide bonds. The summed E-state index contributed by atoms with van der Waals surface area (Å²) < 4.78 is 5.88. The topological polar surface area (TPSA) is 139 Å². The van der Waals surface area contributed by atoms with Crippen molar-refractivity contribution in [2.45, 2.75) is 104 Å². The summed E-state index contributed by atoms with van der Waals surface area (Å²) in [5, 5.41) is 24.7. The SMILES string of the molecule is CC(=O)NCC1=CC=CCC(C2CCCC2C(N)=O)OC(=O)CC(O)C(C)CC(C)CC(C)CC(C)C1O. The zero-order valence-corrected chi connectivity index (χ0v) is 23.9. The van der Waals surface area contributed by atoms with Crippen LogP contribution in [0.5, 0.6) is 0 Å². The molecule has 9 unspecified atom stereocenters. The number of carbonyl (C=O) groups is 3. The van der Waals surface area contributed by atoms with Gasteiger partial charge in [0.05, 0.1) is 18.6 Å². The number of hydrogen-bond acceptors (Lipinski definition) is 6. The molecule has 0 aromatic rings. The summed E-state index contributed by atoms with van der Waals surface area (Å²) in [5.74, 6) is -0.892. The van der Waals surface area contributed by atoms with E-state index in [-0.39, 0.29) is 48.5 Å². The zero-order valence-electron chi connectivity index (χ0n) is 23.9. The molecule has 1 fully saturated rings. The van der Waals surface area contributed by atoms with Gasteiger partial charge in [0.25, 0.3) is 0 Å². The van der Waals surface area contributed by atoms with Gasteiger partial charge in [0.15, 0.2) is 0 Å². The predicted molar refractivity (Wildman–Crippen MR) is 148 cm³/mol. The van der Waals surface area contributed by atoms with E-state index in [0.717, 1.165) is 32.1 Å². The molecule has 2 aliphatic rings. The van der Waals surface area contributed by atoms with Crippen LogP contribution in [-0.2, 0) is 19.1 Å². The minimum Gasteiger partial charge on any atom is -0.462 e. The van der Waals surface area contributed by atoms with Gasteiger partial charge in [0, 0.05) is 31.7 Å². The first-order valence-corrected chi connectivity index (χ1v) is 14.3. The number of aliphatic hydroxyl groups is 2. The number of allylic oxidation sites excluding steroid dienone is 2. The fraction of sp³-hybridized carbons (Fsp3) is 0.767. The van der Waals surface area contributed by atoms with Crippen molar-refractivity contribution in [3.63, 3.8) is 0 Å². The van der Waals surface area contributed by atoms with Crippen LogP contribution in [0.15, 0.2) is 23.8 Å². The van der Waals surface area contributed by atoms with Gasteiger partial charge in [-0.05, 0) is 61.3 Å². The van der Waals surface area contributed by atoms with Crippen LogP contribution in [0.25, 0.3) is 0 Å². The van der Waals surface area contributed by atoms with Gasteiger partial charge in [-0.1, -0.05) is 52.3 Å². The van der Waals surface area contributed by atoms with Gasteiger partial charge in [0.2, 0.25) is 11.8 Å². The molecule has 0 spiro atoms. The van der Waals surface area contributed by atoms with Crippen molar-refractivity contribution in [3.05, 3.63) is 23.8 Å². The summed E-state index contributed by atoms with van der Waals surface area (Å²) in [6.45, 7) is 10.0. The second-order valence-electron chi connectivity index (χ2n) is 12.0. The van der Waals surface area contributed by atoms with Gasteiger partial charge in [-0.25, -0.2) is 0 Å². The lowest BCUT2D eigenvalue weighted by Crippen LogP contribution is -2.36. The molecule has 1 saturated carbocycles. The van der Waals surface area contributed by atoms with Gasteiger partial charge in [-0.3, -0.25) is 14.4 Å². The lowest BCUT2D eigenvalue weighted by atomic mass is 9.82. The summed E-state index contributed by atoms with van der Waals surface area (Å²) in [7, 11) is 0. The smallest absolute Gasteiger partial charge is 0.308 e. The Morgan fingerprint density at radius 3 is 2.34 bits per heavy atom. The lowest BCUT2D eigenvalue weighted by Gasteiger charge is -2.29. The Balaban J connectivity index is 2.35. The van der Waals surface area contributed by atoms with Crippen molar-refractivity contribution in [2.24, 2.45) is 41.2 Å². The van der Waals surface area contributed by atoms with E-state index < -0.39 is 24.3 Å². The number of nitrogens with two attached hydrogens (primary N) is 1. The molecule has 2 rings (SSSR count). The number of carbonyl (C=O) groups excluding carboxylic acids is 3. The Morgan fingerprint density at radius 1 is 1.05 bits per heavy atom. The van der Waals surface area contributed by atoms with Gasteiger partial charge in [-0.2, -0.15) is 0 Å². The van der Waals surface area contributed by atoms with Crippen LogP contribution in [0.3, 0.4) is 0 Å². The number of nitrogens with one attached hydrogen (secondary N) is 1. The van der Waals surface area contributed by atoms with Crippen LogP contribution in [0.1, 0.15) is 86.0 Å². The van der Waals surface area contributed by atoms with Crippen LogP contribution >= 0.6 is 0 Å². The highest BCUT2D eigenvalue weighted by Gasteiger charge is 2.38. The standard InChI is InChI=1S/C30H50N2O6/c1-18-13-19(2)15-21(4)29(36)23(17-32-22(5)33)9-6-7-12-27(24-10-8-11-25(24)30(31)37)38-28(35)16-26(34)20(3)14-18/h6-7,9,18-21,24-27,29,34,36H,8,10-17H2,1-5H3,(H2,31,37)(H,32,33). The Bertz CT molecular complexity index is 856. The first-order chi connectivity index (χ1) is 17.9. The molecule has 0 saturated heterocycles. The van der Waals surface area contributed by atoms with E-state index >= 15 is 0 Å². The Labute approximate surface area is 228 Å². The number of ether oxygens (including phenoxy) is 1. The number of hydrogen-bond donors (Lipinski definition) is 4. The van der Waals surface area contributed by atoms with Gasteiger partial charge in [0.1, 0.15) is 6.10 Å². The molecule has 5 N–H and O–H groups in total. The highest BCUT2D eigenvalue weighted by Crippen LogP contribution is 2.37. The van der Waals surface area contributed by atoms with E-state index in [4.69, 9.17) is 10.5 Å². The second kappa shape index (κ2) is 15.4. The van der Waals surface area contributed by atoms with Crippen LogP contribution < -0.4 is 11.1 Å². The fourth-order valence-electron chi connectivity index (χ4n) is 6.38. The third-order valence-electron chi connectivity index (χ3n) is 8.36. The van der Waals surface area contributed by atoms with E-state index in [0.29, 0.717) is 30.3 Å². The molecule has 216 valence electrons. The summed E-state index contributed by atoms with van der Waals surface area (Å²) >= 11 is 0. The highest BCUT2D eigenvalue weighted by atomic mass is 16.5. The van der Waals surface area contributed by atoms with Crippen molar-refractivity contribution in [1.29, 1.82) is 0 Å². The molecule has 38 heavy (non-hydrogen) atoms. The fourth-order valence-corrected chi connectivity index (χ4v) is 6.38. The monoisotopic (exact) mass is 534 g/mol. The quantitative estimate of drug-likeness (QED) is 0.406. The average Bonchev–Trinajstić information content (AvgIpc) is 3.31. The van der Waals surface area contributed by atoms with Crippen molar-refractivity contribution in [1.82, 2.24) is 5.32 Å². The number of amides is 2. The predicted octanol–water partition coefficient (Wildman–Crippen LogP) is 3.65. The molecule has 1 aliphatic heterocycles.